The maximum Gasteiger partial charge on any atom is 0.416 e. The van der Waals surface area contributed by atoms with Gasteiger partial charge in [-0.15, -0.1) is 5.73 Å². The topological polar surface area (TPSA) is 0 Å². The van der Waals surface area contributed by atoms with Crippen LogP contribution < -0.4 is 0 Å². The third kappa shape index (κ3) is 5.31. The molecule has 0 heterocycles. The summed E-state index contributed by atoms with van der Waals surface area (Å²) in [6.07, 6.45) is -4.30. The molecule has 0 aliphatic carbocycles. The minimum atomic E-state index is -4.25. The molecule has 0 unspecified atom stereocenters. The van der Waals surface area contributed by atoms with E-state index in [9.17, 15) is 13.2 Å². The normalized spacial score (nSPS) is 10.1. The lowest BCUT2D eigenvalue weighted by Gasteiger charge is -1.91. The molecule has 0 amide bonds. The van der Waals surface area contributed by atoms with Crippen LogP contribution in [0.25, 0.3) is 0 Å². The van der Waals surface area contributed by atoms with Gasteiger partial charge >= 0.3 is 6.18 Å². The van der Waals surface area contributed by atoms with Crippen LogP contribution in [-0.2, 0) is 0 Å². The van der Waals surface area contributed by atoms with Crippen LogP contribution >= 0.6 is 0 Å². The molecule has 0 spiro atoms. The highest BCUT2D eigenvalue weighted by Crippen LogP contribution is 2.14. The summed E-state index contributed by atoms with van der Waals surface area (Å²) in [5.41, 5.74) is 1.61. The lowest BCUT2D eigenvalue weighted by atomic mass is 10.6. The highest BCUT2D eigenvalue weighted by molar-refractivity contribution is 4.83. The molecule has 0 aliphatic rings. The zero-order chi connectivity index (χ0) is 5.91. The molecule has 0 saturated carbocycles. The lowest BCUT2D eigenvalue weighted by Crippen LogP contribution is -1.98. The minimum absolute atomic E-state index is 0.0486. The smallest absolute Gasteiger partial charge is 0.166 e. The van der Waals surface area contributed by atoms with Crippen LogP contribution in [0.5, 0.6) is 0 Å². The molecule has 0 nitrogen and oxygen atoms in total. The van der Waals surface area contributed by atoms with Gasteiger partial charge in [0.25, 0.3) is 0 Å². The van der Waals surface area contributed by atoms with E-state index in [1.807, 2.05) is 0 Å². The van der Waals surface area contributed by atoms with E-state index in [2.05, 4.69) is 6.58 Å². The summed E-state index contributed by atoms with van der Waals surface area (Å²) in [7, 11) is 0. The maximum absolute atomic E-state index is 10.9. The van der Waals surface area contributed by atoms with E-state index in [4.69, 9.17) is 0 Å². The van der Waals surface area contributed by atoms with Crippen molar-refractivity contribution >= 4 is 0 Å². The second-order valence-corrected chi connectivity index (χ2v) is 0.890. The Morgan fingerprint density at radius 3 is 1.86 bits per heavy atom. The van der Waals surface area contributed by atoms with Gasteiger partial charge in [0.1, 0.15) is 0 Å². The lowest BCUT2D eigenvalue weighted by molar-refractivity contribution is -0.0796. The van der Waals surface area contributed by atoms with E-state index < -0.39 is 6.18 Å². The third-order valence-corrected chi connectivity index (χ3v) is 0.266. The van der Waals surface area contributed by atoms with Crippen molar-refractivity contribution in [1.29, 1.82) is 0 Å². The maximum atomic E-state index is 10.9. The van der Waals surface area contributed by atoms with Gasteiger partial charge in [0, 0.05) is 0 Å². The Morgan fingerprint density at radius 2 is 1.86 bits per heavy atom. The molecule has 0 aromatic rings. The molecule has 0 aromatic heterocycles. The first-order valence-electron chi connectivity index (χ1n) is 1.50. The summed E-state index contributed by atoms with van der Waals surface area (Å²) >= 11 is 0. The zero-order valence-electron chi connectivity index (χ0n) is 3.42. The van der Waals surface area contributed by atoms with Crippen molar-refractivity contribution in [2.75, 3.05) is 0 Å². The summed E-state index contributed by atoms with van der Waals surface area (Å²) < 4.78 is 32.7. The molecular formula is C4H3F3. The van der Waals surface area contributed by atoms with Crippen LogP contribution in [0, 0.1) is 0 Å². The zero-order valence-corrected chi connectivity index (χ0v) is 3.42. The second kappa shape index (κ2) is 1.85. The minimum Gasteiger partial charge on any atom is -0.166 e. The van der Waals surface area contributed by atoms with E-state index in [1.165, 1.54) is 0 Å². The van der Waals surface area contributed by atoms with Crippen molar-refractivity contribution in [1.82, 2.24) is 0 Å². The molecular weight excluding hydrogens is 105 g/mol. The average molecular weight is 108 g/mol. The van der Waals surface area contributed by atoms with E-state index in [0.717, 1.165) is 0 Å². The molecule has 40 valence electrons. The first-order chi connectivity index (χ1) is 3.06. The predicted octanol–water partition coefficient (Wildman–Crippen LogP) is 1.89. The number of halogens is 3. The van der Waals surface area contributed by atoms with Gasteiger partial charge < -0.3 is 0 Å². The number of rotatable bonds is 0. The number of hydrogen-bond acceptors (Lipinski definition) is 0. The molecule has 0 atom stereocenters. The molecule has 3 heteroatoms. The molecule has 0 saturated heterocycles. The van der Waals surface area contributed by atoms with Crippen molar-refractivity contribution in [3.63, 3.8) is 0 Å². The van der Waals surface area contributed by atoms with Crippen LogP contribution in [0.4, 0.5) is 13.2 Å². The summed E-state index contributed by atoms with van der Waals surface area (Å²) in [5, 5.41) is 0. The summed E-state index contributed by atoms with van der Waals surface area (Å²) in [6.45, 7) is 2.75. The first kappa shape index (κ1) is 6.31. The molecule has 7 heavy (non-hydrogen) atoms. The SMILES string of the molecule is C=C=CC(F)(F)F. The molecule has 0 N–H and O–H groups in total. The van der Waals surface area contributed by atoms with Gasteiger partial charge in [-0.25, -0.2) is 0 Å². The van der Waals surface area contributed by atoms with Gasteiger partial charge in [-0.05, 0) is 0 Å². The monoisotopic (exact) mass is 108 g/mol. The van der Waals surface area contributed by atoms with Crippen molar-refractivity contribution in [2.24, 2.45) is 0 Å². The molecule has 0 fully saturated rings. The highest BCUT2D eigenvalue weighted by Gasteiger charge is 2.21. The standard InChI is InChI=1S/C4H3F3/c1-2-3-4(5,6)7/h3H,1H2. The molecule has 0 aromatic carbocycles. The van der Waals surface area contributed by atoms with Gasteiger partial charge in [0.15, 0.2) is 0 Å². The first-order valence-corrected chi connectivity index (χ1v) is 1.50. The van der Waals surface area contributed by atoms with Gasteiger partial charge in [-0.2, -0.15) is 13.2 Å². The Kier molecular flexibility index (Phi) is 1.66. The van der Waals surface area contributed by atoms with Crippen LogP contribution in [-0.4, -0.2) is 6.18 Å². The predicted molar refractivity (Wildman–Crippen MR) is 19.8 cm³/mol. The average Bonchev–Trinajstić information content (AvgIpc) is 1.30. The van der Waals surface area contributed by atoms with Gasteiger partial charge in [0.05, 0.1) is 6.08 Å². The van der Waals surface area contributed by atoms with Crippen molar-refractivity contribution in [2.45, 2.75) is 6.18 Å². The van der Waals surface area contributed by atoms with Crippen molar-refractivity contribution in [3.8, 4) is 0 Å². The fourth-order valence-corrected chi connectivity index (χ4v) is 0.116. The summed E-state index contributed by atoms with van der Waals surface area (Å²) in [5.74, 6) is 0. The number of allylic oxidation sites excluding steroid dienone is 1. The van der Waals surface area contributed by atoms with E-state index >= 15 is 0 Å². The number of alkyl halides is 3. The summed E-state index contributed by atoms with van der Waals surface area (Å²) in [6, 6.07) is 0. The molecule has 0 radical (unpaired) electrons. The van der Waals surface area contributed by atoms with E-state index in [-0.39, 0.29) is 6.08 Å². The Balaban J connectivity index is 3.80. The Morgan fingerprint density at radius 1 is 1.43 bits per heavy atom. The van der Waals surface area contributed by atoms with Crippen LogP contribution in [0.3, 0.4) is 0 Å². The Labute approximate surface area is 39.0 Å². The Hall–Kier alpha value is -0.690. The largest absolute Gasteiger partial charge is 0.416 e. The fraction of sp³-hybridized carbons (Fsp3) is 0.250. The number of hydrogen-bond donors (Lipinski definition) is 0. The van der Waals surface area contributed by atoms with Crippen LogP contribution in [0.15, 0.2) is 18.4 Å². The Bertz CT molecular complexity index is 94.0. The third-order valence-electron chi connectivity index (χ3n) is 0.266. The van der Waals surface area contributed by atoms with E-state index in [1.54, 1.807) is 5.73 Å². The van der Waals surface area contributed by atoms with Gasteiger partial charge in [-0.1, -0.05) is 6.58 Å². The second-order valence-electron chi connectivity index (χ2n) is 0.890. The van der Waals surface area contributed by atoms with Gasteiger partial charge in [0.2, 0.25) is 0 Å². The van der Waals surface area contributed by atoms with Crippen molar-refractivity contribution < 1.29 is 13.2 Å². The van der Waals surface area contributed by atoms with E-state index in [0.29, 0.717) is 0 Å². The molecule has 0 bridgehead atoms. The molecule has 0 rings (SSSR count). The quantitative estimate of drug-likeness (QED) is 0.415. The fourth-order valence-electron chi connectivity index (χ4n) is 0.116. The van der Waals surface area contributed by atoms with Crippen LogP contribution in [0.1, 0.15) is 0 Å². The van der Waals surface area contributed by atoms with Gasteiger partial charge in [-0.3, -0.25) is 0 Å². The van der Waals surface area contributed by atoms with Crippen LogP contribution in [0.2, 0.25) is 0 Å². The highest BCUT2D eigenvalue weighted by atomic mass is 19.4. The summed E-state index contributed by atoms with van der Waals surface area (Å²) in [4.78, 5) is 0. The molecule has 0 aliphatic heterocycles. The van der Waals surface area contributed by atoms with Crippen molar-refractivity contribution in [3.05, 3.63) is 18.4 Å².